The highest BCUT2D eigenvalue weighted by Gasteiger charge is 2.24. The van der Waals surface area contributed by atoms with Crippen LogP contribution in [0.4, 0.5) is 0 Å². The van der Waals surface area contributed by atoms with E-state index in [4.69, 9.17) is 16.3 Å². The van der Waals surface area contributed by atoms with Crippen LogP contribution in [0.15, 0.2) is 29.6 Å². The van der Waals surface area contributed by atoms with Crippen LogP contribution in [0.25, 0.3) is 28.8 Å². The Morgan fingerprint density at radius 2 is 2.24 bits per heavy atom. The quantitative estimate of drug-likeness (QED) is 0.570. The predicted octanol–water partition coefficient (Wildman–Crippen LogP) is 3.68. The van der Waals surface area contributed by atoms with Crippen molar-refractivity contribution >= 4 is 46.4 Å². The van der Waals surface area contributed by atoms with Crippen LogP contribution in [0, 0.1) is 0 Å². The summed E-state index contributed by atoms with van der Waals surface area (Å²) in [7, 11) is 0. The van der Waals surface area contributed by atoms with E-state index in [1.807, 2.05) is 19.1 Å². The van der Waals surface area contributed by atoms with Gasteiger partial charge in [0.25, 0.3) is 0 Å². The fourth-order valence-corrected chi connectivity index (χ4v) is 2.91. The Labute approximate surface area is 148 Å². The van der Waals surface area contributed by atoms with Crippen molar-refractivity contribution in [2.24, 2.45) is 0 Å². The van der Waals surface area contributed by atoms with Crippen molar-refractivity contribution in [3.05, 3.63) is 57.1 Å². The minimum Gasteiger partial charge on any atom is -0.462 e. The normalized spacial score (nSPS) is 11.5. The van der Waals surface area contributed by atoms with Gasteiger partial charge in [0.2, 0.25) is 5.43 Å². The van der Waals surface area contributed by atoms with Gasteiger partial charge in [0, 0.05) is 0 Å². The molecule has 6 nitrogen and oxygen atoms in total. The summed E-state index contributed by atoms with van der Waals surface area (Å²) in [6, 6.07) is 3.07. The van der Waals surface area contributed by atoms with E-state index in [0.29, 0.717) is 22.7 Å². The third-order valence-electron chi connectivity index (χ3n) is 3.76. The first kappa shape index (κ1) is 17.0. The fourth-order valence-electron chi connectivity index (χ4n) is 2.77. The molecule has 3 aromatic heterocycles. The number of rotatable bonds is 4. The first-order chi connectivity index (χ1) is 12.0. The molecule has 0 aliphatic heterocycles. The molecule has 0 atom stereocenters. The molecule has 0 fully saturated rings. The summed E-state index contributed by atoms with van der Waals surface area (Å²) in [5, 5.41) is 0.530. The van der Waals surface area contributed by atoms with Gasteiger partial charge in [-0.3, -0.25) is 9.20 Å². The number of imidazole rings is 1. The van der Waals surface area contributed by atoms with Gasteiger partial charge in [0.05, 0.1) is 23.4 Å². The van der Waals surface area contributed by atoms with Crippen molar-refractivity contribution in [3.8, 4) is 0 Å². The molecule has 0 unspecified atom stereocenters. The Kier molecular flexibility index (Phi) is 4.46. The molecule has 0 amide bonds. The van der Waals surface area contributed by atoms with Crippen LogP contribution < -0.4 is 5.43 Å². The highest BCUT2D eigenvalue weighted by Crippen LogP contribution is 2.24. The maximum absolute atomic E-state index is 12.9. The van der Waals surface area contributed by atoms with E-state index in [2.05, 4.69) is 16.5 Å². The molecule has 0 bridgehead atoms. The lowest BCUT2D eigenvalue weighted by molar-refractivity contribution is 0.0527. The van der Waals surface area contributed by atoms with E-state index in [0.717, 1.165) is 0 Å². The third-order valence-corrected chi connectivity index (χ3v) is 3.97. The molecule has 1 N–H and O–H groups in total. The van der Waals surface area contributed by atoms with E-state index in [-0.39, 0.29) is 22.7 Å². The van der Waals surface area contributed by atoms with Gasteiger partial charge < -0.3 is 9.72 Å². The topological polar surface area (TPSA) is 76.5 Å². The number of halogens is 1. The number of carbonyl (C=O) groups is 1. The monoisotopic (exact) mass is 357 g/mol. The summed E-state index contributed by atoms with van der Waals surface area (Å²) in [5.41, 5.74) is 1.49. The van der Waals surface area contributed by atoms with E-state index < -0.39 is 11.4 Å². The van der Waals surface area contributed by atoms with Gasteiger partial charge >= 0.3 is 5.97 Å². The van der Waals surface area contributed by atoms with Crippen LogP contribution in [0.1, 0.15) is 35.6 Å². The van der Waals surface area contributed by atoms with E-state index in [1.54, 1.807) is 23.5 Å². The average Bonchev–Trinajstić information content (AvgIpc) is 2.94. The number of ether oxygens (including phenoxy) is 1. The molecule has 0 aliphatic rings. The molecule has 0 saturated heterocycles. The molecule has 0 spiro atoms. The maximum atomic E-state index is 12.9. The predicted molar refractivity (Wildman–Crippen MR) is 99.1 cm³/mol. The largest absolute Gasteiger partial charge is 0.462 e. The minimum atomic E-state index is -0.689. The van der Waals surface area contributed by atoms with Crippen LogP contribution in [0.2, 0.25) is 5.15 Å². The van der Waals surface area contributed by atoms with Crippen molar-refractivity contribution < 1.29 is 9.53 Å². The van der Waals surface area contributed by atoms with Gasteiger partial charge in [0.1, 0.15) is 16.4 Å². The van der Waals surface area contributed by atoms with Crippen LogP contribution in [0.3, 0.4) is 0 Å². The number of aromatic nitrogens is 3. The number of hydrogen-bond acceptors (Lipinski definition) is 4. The second-order valence-corrected chi connectivity index (χ2v) is 5.63. The highest BCUT2D eigenvalue weighted by molar-refractivity contribution is 6.29. The molecule has 0 radical (unpaired) electrons. The zero-order valence-electron chi connectivity index (χ0n) is 13.8. The summed E-state index contributed by atoms with van der Waals surface area (Å²) in [6.07, 6.45) is 5.29. The molecule has 25 heavy (non-hydrogen) atoms. The lowest BCUT2D eigenvalue weighted by Gasteiger charge is -2.08. The number of nitrogens with one attached hydrogen (secondary N) is 1. The second-order valence-electron chi connectivity index (χ2n) is 5.24. The van der Waals surface area contributed by atoms with E-state index in [1.165, 1.54) is 6.07 Å². The van der Waals surface area contributed by atoms with Crippen LogP contribution >= 0.6 is 11.6 Å². The zero-order valence-corrected chi connectivity index (χ0v) is 14.6. The first-order valence-corrected chi connectivity index (χ1v) is 8.10. The van der Waals surface area contributed by atoms with Gasteiger partial charge in [-0.25, -0.2) is 9.78 Å². The highest BCUT2D eigenvalue weighted by atomic mass is 35.5. The number of hydrogen-bond donors (Lipinski definition) is 1. The summed E-state index contributed by atoms with van der Waals surface area (Å²) >= 11 is 6.03. The van der Waals surface area contributed by atoms with Crippen molar-refractivity contribution in [3.63, 3.8) is 0 Å². The Hall–Kier alpha value is -2.86. The summed E-state index contributed by atoms with van der Waals surface area (Å²) in [6.45, 7) is 7.49. The fraction of sp³-hybridized carbons (Fsp3) is 0.167. The van der Waals surface area contributed by atoms with Gasteiger partial charge in [-0.15, -0.1) is 0 Å². The summed E-state index contributed by atoms with van der Waals surface area (Å²) in [5.74, 6) is -0.689. The number of esters is 1. The number of carbonyl (C=O) groups excluding carboxylic acids is 1. The SMILES string of the molecule is C=Cc1[nH]c2c(C(=O)OCC)c(=O)c3ccc(Cl)nc3n2c1/C=C\C. The van der Waals surface area contributed by atoms with Crippen molar-refractivity contribution in [1.29, 1.82) is 0 Å². The molecule has 128 valence electrons. The average molecular weight is 358 g/mol. The Morgan fingerprint density at radius 1 is 1.48 bits per heavy atom. The molecule has 0 aliphatic carbocycles. The Balaban J connectivity index is 2.61. The van der Waals surface area contributed by atoms with Crippen LogP contribution in [0.5, 0.6) is 0 Å². The smallest absolute Gasteiger partial charge is 0.345 e. The van der Waals surface area contributed by atoms with Crippen molar-refractivity contribution in [2.45, 2.75) is 13.8 Å². The number of allylic oxidation sites excluding steroid dienone is 1. The zero-order chi connectivity index (χ0) is 18.1. The van der Waals surface area contributed by atoms with Gasteiger partial charge in [-0.1, -0.05) is 24.3 Å². The van der Waals surface area contributed by atoms with Crippen LogP contribution in [-0.2, 0) is 4.74 Å². The van der Waals surface area contributed by atoms with E-state index in [9.17, 15) is 9.59 Å². The lowest BCUT2D eigenvalue weighted by atomic mass is 10.2. The molecular weight excluding hydrogens is 342 g/mol. The number of fused-ring (bicyclic) bond motifs is 3. The van der Waals surface area contributed by atoms with Crippen LogP contribution in [-0.4, -0.2) is 26.9 Å². The first-order valence-electron chi connectivity index (χ1n) is 7.72. The Morgan fingerprint density at radius 3 is 2.88 bits per heavy atom. The second kappa shape index (κ2) is 6.57. The number of H-pyrrole nitrogens is 1. The third kappa shape index (κ3) is 2.64. The molecule has 7 heteroatoms. The van der Waals surface area contributed by atoms with E-state index >= 15 is 0 Å². The molecule has 3 aromatic rings. The molecule has 3 rings (SSSR count). The van der Waals surface area contributed by atoms with Gasteiger partial charge in [-0.2, -0.15) is 0 Å². The molecule has 3 heterocycles. The number of pyridine rings is 2. The Bertz CT molecular complexity index is 1090. The van der Waals surface area contributed by atoms with Gasteiger partial charge in [0.15, 0.2) is 5.65 Å². The molecular formula is C18H16ClN3O3. The van der Waals surface area contributed by atoms with Gasteiger partial charge in [-0.05, 0) is 38.1 Å². The number of aromatic amines is 1. The molecule has 0 saturated carbocycles. The summed E-state index contributed by atoms with van der Waals surface area (Å²) < 4.78 is 6.76. The standard InChI is InChI=1S/C18H16ClN3O3/c1-4-7-12-11(5-2)20-17-14(18(24)25-6-3)15(23)10-8-9-13(19)21-16(10)22(12)17/h4-5,7-9,20H,2,6H2,1,3H3/b7-4-. The lowest BCUT2D eigenvalue weighted by Crippen LogP contribution is -2.21. The maximum Gasteiger partial charge on any atom is 0.345 e. The van der Waals surface area contributed by atoms with Crippen molar-refractivity contribution in [1.82, 2.24) is 14.4 Å². The minimum absolute atomic E-state index is 0.0719. The number of nitrogens with zero attached hydrogens (tertiary/aromatic N) is 2. The molecule has 0 aromatic carbocycles. The summed E-state index contributed by atoms with van der Waals surface area (Å²) in [4.78, 5) is 32.6. The van der Waals surface area contributed by atoms with Crippen molar-refractivity contribution in [2.75, 3.05) is 6.61 Å².